The maximum absolute atomic E-state index is 12.9. The van der Waals surface area contributed by atoms with Gasteiger partial charge in [0.1, 0.15) is 0 Å². The number of sulfonamides is 1. The number of carbonyl (C=O) groups excluding carboxylic acids is 1. The van der Waals surface area contributed by atoms with Crippen molar-refractivity contribution >= 4 is 27.5 Å². The Morgan fingerprint density at radius 1 is 1.21 bits per heavy atom. The highest BCUT2D eigenvalue weighted by atomic mass is 35.5. The summed E-state index contributed by atoms with van der Waals surface area (Å²) in [6, 6.07) is 16.7. The van der Waals surface area contributed by atoms with Gasteiger partial charge in [0, 0.05) is 18.1 Å². The molecule has 2 aromatic rings. The van der Waals surface area contributed by atoms with Crippen LogP contribution in [0.1, 0.15) is 43.4 Å². The van der Waals surface area contributed by atoms with Crippen molar-refractivity contribution in [1.82, 2.24) is 9.62 Å². The first-order valence-corrected chi connectivity index (χ1v) is 12.0. The molecule has 0 radical (unpaired) electrons. The summed E-state index contributed by atoms with van der Waals surface area (Å²) in [6.07, 6.45) is 2.15. The quantitative estimate of drug-likeness (QED) is 0.711. The van der Waals surface area contributed by atoms with Gasteiger partial charge in [-0.2, -0.15) is 0 Å². The number of carbonyl (C=O) groups is 1. The zero-order valence-electron chi connectivity index (χ0n) is 16.6. The van der Waals surface area contributed by atoms with Gasteiger partial charge in [-0.15, -0.1) is 0 Å². The Bertz CT molecular complexity index is 934. The lowest BCUT2D eigenvalue weighted by atomic mass is 9.97. The molecule has 7 heteroatoms. The first-order valence-electron chi connectivity index (χ1n) is 9.96. The van der Waals surface area contributed by atoms with Crippen LogP contribution in [-0.4, -0.2) is 31.7 Å². The number of amides is 1. The predicted octanol–water partition coefficient (Wildman–Crippen LogP) is 4.15. The highest BCUT2D eigenvalue weighted by Crippen LogP contribution is 2.24. The highest BCUT2D eigenvalue weighted by molar-refractivity contribution is 7.88. The number of rotatable bonds is 7. The summed E-state index contributed by atoms with van der Waals surface area (Å²) in [5, 5.41) is 3.62. The largest absolute Gasteiger partial charge is 0.349 e. The molecule has 1 amide bonds. The maximum Gasteiger partial charge on any atom is 0.224 e. The number of hydrogen-bond acceptors (Lipinski definition) is 3. The van der Waals surface area contributed by atoms with E-state index in [9.17, 15) is 13.2 Å². The zero-order chi connectivity index (χ0) is 20.9. The van der Waals surface area contributed by atoms with E-state index in [-0.39, 0.29) is 30.2 Å². The highest BCUT2D eigenvalue weighted by Gasteiger charge is 2.33. The van der Waals surface area contributed by atoms with Gasteiger partial charge in [-0.1, -0.05) is 61.0 Å². The van der Waals surface area contributed by atoms with Crippen molar-refractivity contribution in [2.45, 2.75) is 38.0 Å². The van der Waals surface area contributed by atoms with E-state index in [1.807, 2.05) is 37.3 Å². The topological polar surface area (TPSA) is 66.5 Å². The Morgan fingerprint density at radius 3 is 2.66 bits per heavy atom. The molecule has 1 saturated heterocycles. The molecule has 5 nitrogen and oxygen atoms in total. The molecule has 0 spiro atoms. The SMILES string of the molecule is CCC(NC(=O)C1CCCN(S(=O)(=O)Cc2cccc(Cl)c2)C1)c1ccccc1. The van der Waals surface area contributed by atoms with E-state index in [1.54, 1.807) is 24.3 Å². The van der Waals surface area contributed by atoms with Gasteiger partial charge in [0.05, 0.1) is 17.7 Å². The van der Waals surface area contributed by atoms with Crippen LogP contribution in [0.2, 0.25) is 5.02 Å². The van der Waals surface area contributed by atoms with Gasteiger partial charge in [-0.05, 0) is 42.5 Å². The van der Waals surface area contributed by atoms with E-state index in [0.717, 1.165) is 12.0 Å². The molecular formula is C22H27ClN2O3S. The molecule has 0 bridgehead atoms. The molecule has 1 aliphatic heterocycles. The first-order chi connectivity index (χ1) is 13.9. The fraction of sp³-hybridized carbons (Fsp3) is 0.409. The smallest absolute Gasteiger partial charge is 0.224 e. The second kappa shape index (κ2) is 9.74. The Kier molecular flexibility index (Phi) is 7.33. The van der Waals surface area contributed by atoms with Gasteiger partial charge in [0.15, 0.2) is 0 Å². The van der Waals surface area contributed by atoms with Crippen molar-refractivity contribution in [2.24, 2.45) is 5.92 Å². The summed E-state index contributed by atoms with van der Waals surface area (Å²) < 4.78 is 27.2. The Labute approximate surface area is 178 Å². The van der Waals surface area contributed by atoms with Crippen LogP contribution >= 0.6 is 11.6 Å². The van der Waals surface area contributed by atoms with Crippen LogP contribution < -0.4 is 5.32 Å². The molecule has 2 aromatic carbocycles. The average Bonchev–Trinajstić information content (AvgIpc) is 2.72. The third-order valence-electron chi connectivity index (χ3n) is 5.31. The standard InChI is InChI=1S/C22H27ClN2O3S/c1-2-21(18-9-4-3-5-10-18)24-22(26)19-11-7-13-25(15-19)29(27,28)16-17-8-6-12-20(23)14-17/h3-6,8-10,12,14,19,21H,2,7,11,13,15-16H2,1H3,(H,24,26). The molecule has 156 valence electrons. The molecule has 2 unspecified atom stereocenters. The predicted molar refractivity (Wildman–Crippen MR) is 116 cm³/mol. The lowest BCUT2D eigenvalue weighted by Crippen LogP contribution is -2.46. The lowest BCUT2D eigenvalue weighted by molar-refractivity contribution is -0.126. The van der Waals surface area contributed by atoms with Gasteiger partial charge in [0.2, 0.25) is 15.9 Å². The fourth-order valence-electron chi connectivity index (χ4n) is 3.73. The van der Waals surface area contributed by atoms with Gasteiger partial charge < -0.3 is 5.32 Å². The lowest BCUT2D eigenvalue weighted by Gasteiger charge is -2.32. The second-order valence-electron chi connectivity index (χ2n) is 7.46. The van der Waals surface area contributed by atoms with E-state index in [1.165, 1.54) is 4.31 Å². The summed E-state index contributed by atoms with van der Waals surface area (Å²) in [4.78, 5) is 12.9. The monoisotopic (exact) mass is 434 g/mol. The number of nitrogens with one attached hydrogen (secondary N) is 1. The molecule has 1 N–H and O–H groups in total. The Morgan fingerprint density at radius 2 is 1.97 bits per heavy atom. The van der Waals surface area contributed by atoms with Crippen molar-refractivity contribution in [1.29, 1.82) is 0 Å². The summed E-state index contributed by atoms with van der Waals surface area (Å²) in [5.41, 5.74) is 1.71. The number of hydrogen-bond donors (Lipinski definition) is 1. The van der Waals surface area contributed by atoms with Crippen molar-refractivity contribution in [3.05, 3.63) is 70.7 Å². The van der Waals surface area contributed by atoms with Crippen LogP contribution in [0.3, 0.4) is 0 Å². The van der Waals surface area contributed by atoms with Crippen molar-refractivity contribution in [3.63, 3.8) is 0 Å². The van der Waals surface area contributed by atoms with Crippen LogP contribution in [-0.2, 0) is 20.6 Å². The van der Waals surface area contributed by atoms with Crippen LogP contribution in [0, 0.1) is 5.92 Å². The molecule has 0 aliphatic carbocycles. The van der Waals surface area contributed by atoms with Crippen molar-refractivity contribution in [3.8, 4) is 0 Å². The van der Waals surface area contributed by atoms with E-state index >= 15 is 0 Å². The molecule has 29 heavy (non-hydrogen) atoms. The molecule has 0 aromatic heterocycles. The molecule has 0 saturated carbocycles. The van der Waals surface area contributed by atoms with Crippen LogP contribution in [0.15, 0.2) is 54.6 Å². The number of nitrogens with zero attached hydrogens (tertiary/aromatic N) is 1. The van der Waals surface area contributed by atoms with Gasteiger partial charge in [0.25, 0.3) is 0 Å². The molecule has 1 fully saturated rings. The summed E-state index contributed by atoms with van der Waals surface area (Å²) in [5.74, 6) is -0.525. The van der Waals surface area contributed by atoms with E-state index in [2.05, 4.69) is 5.32 Å². The first kappa shape index (κ1) is 21.8. The number of halogens is 1. The zero-order valence-corrected chi connectivity index (χ0v) is 18.1. The van der Waals surface area contributed by atoms with Crippen LogP contribution in [0.4, 0.5) is 0 Å². The van der Waals surface area contributed by atoms with Crippen molar-refractivity contribution < 1.29 is 13.2 Å². The normalized spacial score (nSPS) is 18.9. The maximum atomic E-state index is 12.9. The fourth-order valence-corrected chi connectivity index (χ4v) is 5.54. The number of piperidine rings is 1. The summed E-state index contributed by atoms with van der Waals surface area (Å²) in [6.45, 7) is 2.70. The second-order valence-corrected chi connectivity index (χ2v) is 9.87. The molecule has 1 aliphatic rings. The average molecular weight is 435 g/mol. The third-order valence-corrected chi connectivity index (χ3v) is 7.36. The molecule has 1 heterocycles. The summed E-state index contributed by atoms with van der Waals surface area (Å²) >= 11 is 5.98. The Balaban J connectivity index is 1.65. The minimum atomic E-state index is -3.51. The van der Waals surface area contributed by atoms with Crippen LogP contribution in [0.25, 0.3) is 0 Å². The van der Waals surface area contributed by atoms with E-state index in [0.29, 0.717) is 30.0 Å². The minimum absolute atomic E-state index is 0.0675. The van der Waals surface area contributed by atoms with Gasteiger partial charge >= 0.3 is 0 Å². The molecular weight excluding hydrogens is 408 g/mol. The van der Waals surface area contributed by atoms with Gasteiger partial charge in [-0.25, -0.2) is 12.7 Å². The minimum Gasteiger partial charge on any atom is -0.349 e. The van der Waals surface area contributed by atoms with E-state index < -0.39 is 10.0 Å². The van der Waals surface area contributed by atoms with Crippen molar-refractivity contribution in [2.75, 3.05) is 13.1 Å². The third kappa shape index (κ3) is 5.81. The van der Waals surface area contributed by atoms with Crippen LogP contribution in [0.5, 0.6) is 0 Å². The summed E-state index contributed by atoms with van der Waals surface area (Å²) in [7, 11) is -3.51. The van der Waals surface area contributed by atoms with Gasteiger partial charge in [-0.3, -0.25) is 4.79 Å². The Hall–Kier alpha value is -1.89. The van der Waals surface area contributed by atoms with E-state index in [4.69, 9.17) is 11.6 Å². The molecule has 2 atom stereocenters. The molecule has 3 rings (SSSR count). The number of benzene rings is 2.